The maximum Gasteiger partial charge on any atom is 0.251 e. The van der Waals surface area contributed by atoms with E-state index < -0.39 is 10.0 Å². The van der Waals surface area contributed by atoms with Crippen LogP contribution >= 0.6 is 0 Å². The van der Waals surface area contributed by atoms with E-state index in [1.54, 1.807) is 25.2 Å². The summed E-state index contributed by atoms with van der Waals surface area (Å²) < 4.78 is 27.8. The van der Waals surface area contributed by atoms with Gasteiger partial charge in [-0.15, -0.1) is 0 Å². The van der Waals surface area contributed by atoms with Crippen molar-refractivity contribution in [2.45, 2.75) is 49.1 Å². The molecule has 0 aliphatic heterocycles. The largest absolute Gasteiger partial charge is 0.350 e. The molecule has 2 aromatic carbocycles. The first-order valence-corrected chi connectivity index (χ1v) is 12.3. The predicted molar refractivity (Wildman–Crippen MR) is 123 cm³/mol. The fraction of sp³-hybridized carbons (Fsp3) is 0.458. The normalized spacial score (nSPS) is 16.4. The summed E-state index contributed by atoms with van der Waals surface area (Å²) in [6.07, 6.45) is 5.06. The van der Waals surface area contributed by atoms with Crippen molar-refractivity contribution in [3.8, 4) is 0 Å². The van der Waals surface area contributed by atoms with Crippen LogP contribution in [0.1, 0.15) is 54.1 Å². The molecule has 1 N–H and O–H groups in total. The van der Waals surface area contributed by atoms with Crippen LogP contribution in [0.3, 0.4) is 0 Å². The van der Waals surface area contributed by atoms with E-state index in [4.69, 9.17) is 0 Å². The third-order valence-electron chi connectivity index (χ3n) is 6.13. The van der Waals surface area contributed by atoms with Gasteiger partial charge >= 0.3 is 0 Å². The third kappa shape index (κ3) is 5.73. The maximum absolute atomic E-state index is 13.1. The Bertz CT molecular complexity index is 971. The Hall–Kier alpha value is -2.22. The molecule has 6 nitrogen and oxygen atoms in total. The molecule has 2 aromatic rings. The van der Waals surface area contributed by atoms with E-state index in [1.165, 1.54) is 10.4 Å². The number of carbonyl (C=O) groups excluding carboxylic acids is 1. The zero-order valence-electron chi connectivity index (χ0n) is 18.6. The van der Waals surface area contributed by atoms with Gasteiger partial charge in [-0.05, 0) is 50.7 Å². The van der Waals surface area contributed by atoms with Crippen molar-refractivity contribution < 1.29 is 13.2 Å². The van der Waals surface area contributed by atoms with Gasteiger partial charge < -0.3 is 10.2 Å². The van der Waals surface area contributed by atoms with Crippen LogP contribution in [0.5, 0.6) is 0 Å². The molecule has 1 aliphatic carbocycles. The molecule has 31 heavy (non-hydrogen) atoms. The molecule has 0 bridgehead atoms. The summed E-state index contributed by atoms with van der Waals surface area (Å²) in [6.45, 7) is 0.425. The average Bonchev–Trinajstić information content (AvgIpc) is 2.79. The number of hydrogen-bond acceptors (Lipinski definition) is 4. The van der Waals surface area contributed by atoms with Crippen molar-refractivity contribution >= 4 is 15.9 Å². The van der Waals surface area contributed by atoms with Gasteiger partial charge in [0.15, 0.2) is 0 Å². The smallest absolute Gasteiger partial charge is 0.251 e. The van der Waals surface area contributed by atoms with E-state index in [1.807, 2.05) is 44.4 Å². The Morgan fingerprint density at radius 3 is 2.32 bits per heavy atom. The monoisotopic (exact) mass is 443 g/mol. The minimum absolute atomic E-state index is 0.0227. The molecule has 1 unspecified atom stereocenters. The lowest BCUT2D eigenvalue weighted by molar-refractivity contribution is 0.0941. The van der Waals surface area contributed by atoms with Crippen LogP contribution in [0.15, 0.2) is 59.5 Å². The quantitative estimate of drug-likeness (QED) is 0.676. The summed E-state index contributed by atoms with van der Waals surface area (Å²) in [4.78, 5) is 15.0. The van der Waals surface area contributed by atoms with E-state index in [9.17, 15) is 13.2 Å². The van der Waals surface area contributed by atoms with Gasteiger partial charge in [-0.2, -0.15) is 4.31 Å². The van der Waals surface area contributed by atoms with Gasteiger partial charge in [0.1, 0.15) is 0 Å². The molecule has 1 saturated carbocycles. The lowest BCUT2D eigenvalue weighted by Gasteiger charge is -2.30. The van der Waals surface area contributed by atoms with Crippen LogP contribution in [-0.4, -0.2) is 57.3 Å². The van der Waals surface area contributed by atoms with Crippen LogP contribution < -0.4 is 5.32 Å². The van der Waals surface area contributed by atoms with Gasteiger partial charge in [-0.25, -0.2) is 8.42 Å². The Morgan fingerprint density at radius 1 is 1.00 bits per heavy atom. The van der Waals surface area contributed by atoms with Crippen molar-refractivity contribution in [3.05, 3.63) is 65.7 Å². The lowest BCUT2D eigenvalue weighted by atomic mass is 9.96. The Morgan fingerprint density at radius 2 is 1.68 bits per heavy atom. The highest BCUT2D eigenvalue weighted by molar-refractivity contribution is 7.89. The molecule has 1 aliphatic rings. The van der Waals surface area contributed by atoms with Gasteiger partial charge in [0.05, 0.1) is 10.9 Å². The van der Waals surface area contributed by atoms with Crippen LogP contribution in [0.25, 0.3) is 0 Å². The van der Waals surface area contributed by atoms with Crippen LogP contribution in [-0.2, 0) is 10.0 Å². The molecule has 3 rings (SSSR count). The predicted octanol–water partition coefficient (Wildman–Crippen LogP) is 3.67. The summed E-state index contributed by atoms with van der Waals surface area (Å²) in [6, 6.07) is 16.4. The zero-order valence-corrected chi connectivity index (χ0v) is 19.4. The van der Waals surface area contributed by atoms with E-state index >= 15 is 0 Å². The summed E-state index contributed by atoms with van der Waals surface area (Å²) >= 11 is 0. The molecule has 0 radical (unpaired) electrons. The second kappa shape index (κ2) is 10.4. The second-order valence-electron chi connectivity index (χ2n) is 8.44. The highest BCUT2D eigenvalue weighted by Crippen LogP contribution is 2.27. The van der Waals surface area contributed by atoms with E-state index in [0.29, 0.717) is 12.1 Å². The molecule has 1 atom stereocenters. The topological polar surface area (TPSA) is 69.7 Å². The van der Waals surface area contributed by atoms with Crippen molar-refractivity contribution in [1.82, 2.24) is 14.5 Å². The number of rotatable bonds is 8. The minimum Gasteiger partial charge on any atom is -0.350 e. The van der Waals surface area contributed by atoms with Crippen LogP contribution in [0.4, 0.5) is 0 Å². The van der Waals surface area contributed by atoms with Crippen LogP contribution in [0.2, 0.25) is 0 Å². The molecule has 7 heteroatoms. The van der Waals surface area contributed by atoms with Gasteiger partial charge in [0, 0.05) is 25.2 Å². The molecule has 0 saturated heterocycles. The number of nitrogens with one attached hydrogen (secondary N) is 1. The molecule has 1 amide bonds. The Kier molecular flexibility index (Phi) is 7.86. The summed E-state index contributed by atoms with van der Waals surface area (Å²) in [5.41, 5.74) is 1.46. The molecule has 0 heterocycles. The number of amides is 1. The first kappa shape index (κ1) is 23.4. The fourth-order valence-corrected chi connectivity index (χ4v) is 5.63. The van der Waals surface area contributed by atoms with E-state index in [-0.39, 0.29) is 22.9 Å². The lowest BCUT2D eigenvalue weighted by Crippen LogP contribution is -2.38. The van der Waals surface area contributed by atoms with Crippen molar-refractivity contribution in [3.63, 3.8) is 0 Å². The Labute approximate surface area is 186 Å². The summed E-state index contributed by atoms with van der Waals surface area (Å²) in [5, 5.41) is 2.96. The molecular weight excluding hydrogens is 410 g/mol. The molecule has 168 valence electrons. The van der Waals surface area contributed by atoms with Gasteiger partial charge in [-0.1, -0.05) is 55.7 Å². The number of nitrogens with zero attached hydrogens (tertiary/aromatic N) is 2. The van der Waals surface area contributed by atoms with Crippen molar-refractivity contribution in [1.29, 1.82) is 0 Å². The highest BCUT2D eigenvalue weighted by Gasteiger charge is 2.29. The van der Waals surface area contributed by atoms with Gasteiger partial charge in [0.2, 0.25) is 10.0 Å². The zero-order chi connectivity index (χ0) is 22.4. The molecular formula is C24H33N3O3S. The number of carbonyl (C=O) groups is 1. The summed E-state index contributed by atoms with van der Waals surface area (Å²) in [5.74, 6) is -0.278. The Balaban J connectivity index is 1.72. The second-order valence-corrected chi connectivity index (χ2v) is 10.4. The minimum atomic E-state index is -3.64. The number of likely N-dealkylation sites (N-methyl/N-ethyl adjacent to an activating group) is 1. The standard InChI is InChI=1S/C24H33N3O3S/c1-26(2)23(19-11-6-4-7-12-19)18-25-24(28)20-13-10-16-22(17-20)31(29,30)27(3)21-14-8-5-9-15-21/h4,6-7,10-13,16-17,21,23H,5,8-9,14-15,18H2,1-3H3,(H,25,28). The first-order valence-electron chi connectivity index (χ1n) is 10.9. The molecule has 0 spiro atoms. The molecule has 1 fully saturated rings. The van der Waals surface area contributed by atoms with Gasteiger partial charge in [0.25, 0.3) is 5.91 Å². The summed E-state index contributed by atoms with van der Waals surface area (Å²) in [7, 11) is 1.96. The SMILES string of the molecule is CN(C)C(CNC(=O)c1cccc(S(=O)(=O)N(C)C2CCCCC2)c1)c1ccccc1. The van der Waals surface area contributed by atoms with Crippen molar-refractivity contribution in [2.75, 3.05) is 27.7 Å². The van der Waals surface area contributed by atoms with E-state index in [2.05, 4.69) is 10.2 Å². The molecule has 0 aromatic heterocycles. The van der Waals surface area contributed by atoms with Crippen molar-refractivity contribution in [2.24, 2.45) is 0 Å². The van der Waals surface area contributed by atoms with E-state index in [0.717, 1.165) is 37.7 Å². The van der Waals surface area contributed by atoms with Gasteiger partial charge in [-0.3, -0.25) is 4.79 Å². The number of benzene rings is 2. The maximum atomic E-state index is 13.1. The average molecular weight is 444 g/mol. The third-order valence-corrected chi connectivity index (χ3v) is 8.03. The number of hydrogen-bond donors (Lipinski definition) is 1. The fourth-order valence-electron chi connectivity index (χ4n) is 4.17. The number of sulfonamides is 1. The highest BCUT2D eigenvalue weighted by atomic mass is 32.2. The van der Waals surface area contributed by atoms with Crippen LogP contribution in [0, 0.1) is 0 Å². The first-order chi connectivity index (χ1) is 14.8.